The molecule has 108 valence electrons. The molecule has 0 spiro atoms. The van der Waals surface area contributed by atoms with Crippen molar-refractivity contribution in [3.05, 3.63) is 11.8 Å². The van der Waals surface area contributed by atoms with Crippen LogP contribution in [0.4, 0.5) is 5.95 Å². The van der Waals surface area contributed by atoms with Crippen molar-refractivity contribution in [2.24, 2.45) is 5.92 Å². The van der Waals surface area contributed by atoms with Crippen molar-refractivity contribution >= 4 is 5.95 Å². The van der Waals surface area contributed by atoms with Crippen LogP contribution in [-0.2, 0) is 4.74 Å². The maximum Gasteiger partial charge on any atom is 0.226 e. The molecule has 1 N–H and O–H groups in total. The average Bonchev–Trinajstić information content (AvgIpc) is 2.26. The van der Waals surface area contributed by atoms with E-state index in [2.05, 4.69) is 29.1 Å². The van der Waals surface area contributed by atoms with Crippen molar-refractivity contribution in [1.29, 1.82) is 0 Å². The molecule has 1 atom stereocenters. The molecule has 5 heteroatoms. The second-order valence-electron chi connectivity index (χ2n) is 5.29. The molecular weight excluding hydrogens is 242 g/mol. The van der Waals surface area contributed by atoms with E-state index >= 15 is 0 Å². The Bertz CT molecular complexity index is 394. The number of aromatic nitrogens is 2. The minimum absolute atomic E-state index is 0.0991. The summed E-state index contributed by atoms with van der Waals surface area (Å²) in [6.07, 6.45) is 0.0991. The molecule has 0 aliphatic rings. The number of ether oxygens (including phenoxy) is 2. The fourth-order valence-electron chi connectivity index (χ4n) is 1.65. The van der Waals surface area contributed by atoms with Crippen LogP contribution in [0.5, 0.6) is 5.88 Å². The van der Waals surface area contributed by atoms with Gasteiger partial charge in [-0.2, -0.15) is 4.98 Å². The quantitative estimate of drug-likeness (QED) is 0.823. The Balaban J connectivity index is 2.84. The number of aryl methyl sites for hydroxylation is 1. The summed E-state index contributed by atoms with van der Waals surface area (Å²) in [5.41, 5.74) is 0.882. The summed E-state index contributed by atoms with van der Waals surface area (Å²) in [6.45, 7) is 10.8. The third-order valence-electron chi connectivity index (χ3n) is 2.65. The van der Waals surface area contributed by atoms with Crippen molar-refractivity contribution in [2.45, 2.75) is 46.8 Å². The molecule has 0 aliphatic heterocycles. The van der Waals surface area contributed by atoms with E-state index < -0.39 is 0 Å². The molecule has 1 heterocycles. The number of nitrogens with one attached hydrogen (secondary N) is 1. The van der Waals surface area contributed by atoms with E-state index in [0.29, 0.717) is 24.4 Å². The van der Waals surface area contributed by atoms with Gasteiger partial charge in [-0.05, 0) is 26.7 Å². The molecule has 1 aromatic rings. The van der Waals surface area contributed by atoms with Gasteiger partial charge in [-0.15, -0.1) is 0 Å². The Kier molecular flexibility index (Phi) is 6.02. The highest BCUT2D eigenvalue weighted by Gasteiger charge is 2.15. The average molecular weight is 267 g/mol. The predicted octanol–water partition coefficient (Wildman–Crippen LogP) is 2.66. The largest absolute Gasteiger partial charge is 0.475 e. The van der Waals surface area contributed by atoms with E-state index in [-0.39, 0.29) is 12.1 Å². The summed E-state index contributed by atoms with van der Waals surface area (Å²) in [5.74, 6) is 1.62. The monoisotopic (exact) mass is 267 g/mol. The molecule has 0 amide bonds. The molecule has 0 aliphatic carbocycles. The first kappa shape index (κ1) is 15.7. The Morgan fingerprint density at radius 2 is 1.89 bits per heavy atom. The number of hydrogen-bond donors (Lipinski definition) is 1. The minimum atomic E-state index is 0.0991. The Morgan fingerprint density at radius 1 is 1.21 bits per heavy atom. The van der Waals surface area contributed by atoms with Gasteiger partial charge in [0.25, 0.3) is 0 Å². The fraction of sp³-hybridized carbons (Fsp3) is 0.714. The first-order valence-electron chi connectivity index (χ1n) is 6.70. The third-order valence-corrected chi connectivity index (χ3v) is 2.65. The van der Waals surface area contributed by atoms with Crippen LogP contribution in [0.2, 0.25) is 0 Å². The Morgan fingerprint density at radius 3 is 2.42 bits per heavy atom. The van der Waals surface area contributed by atoms with E-state index in [1.54, 1.807) is 7.11 Å². The number of anilines is 1. The maximum atomic E-state index is 5.62. The van der Waals surface area contributed by atoms with Crippen LogP contribution in [0.3, 0.4) is 0 Å². The van der Waals surface area contributed by atoms with Crippen molar-refractivity contribution in [3.63, 3.8) is 0 Å². The summed E-state index contributed by atoms with van der Waals surface area (Å²) in [7, 11) is 1.70. The van der Waals surface area contributed by atoms with Gasteiger partial charge in [0.2, 0.25) is 11.8 Å². The zero-order valence-corrected chi connectivity index (χ0v) is 12.7. The maximum absolute atomic E-state index is 5.62. The zero-order valence-electron chi connectivity index (χ0n) is 12.7. The van der Waals surface area contributed by atoms with Gasteiger partial charge in [-0.3, -0.25) is 0 Å². The van der Waals surface area contributed by atoms with Gasteiger partial charge in [0.15, 0.2) is 0 Å². The topological polar surface area (TPSA) is 56.3 Å². The normalized spacial score (nSPS) is 12.8. The fourth-order valence-corrected chi connectivity index (χ4v) is 1.65. The molecule has 19 heavy (non-hydrogen) atoms. The van der Waals surface area contributed by atoms with Crippen LogP contribution in [0, 0.1) is 12.8 Å². The van der Waals surface area contributed by atoms with Crippen LogP contribution in [0.1, 0.15) is 33.4 Å². The molecule has 1 aromatic heterocycles. The van der Waals surface area contributed by atoms with Crippen molar-refractivity contribution < 1.29 is 9.47 Å². The molecule has 5 nitrogen and oxygen atoms in total. The summed E-state index contributed by atoms with van der Waals surface area (Å²) in [4.78, 5) is 8.77. The van der Waals surface area contributed by atoms with E-state index in [0.717, 1.165) is 5.69 Å². The summed E-state index contributed by atoms with van der Waals surface area (Å²) in [5, 5.41) is 3.31. The first-order valence-corrected chi connectivity index (χ1v) is 6.70. The molecule has 0 saturated heterocycles. The molecule has 0 radical (unpaired) electrons. The van der Waals surface area contributed by atoms with Gasteiger partial charge < -0.3 is 14.8 Å². The number of rotatable bonds is 7. The zero-order chi connectivity index (χ0) is 14.4. The van der Waals surface area contributed by atoms with Gasteiger partial charge in [-0.1, -0.05) is 13.8 Å². The molecule has 1 rings (SSSR count). The lowest BCUT2D eigenvalue weighted by Crippen LogP contribution is -2.31. The standard InChI is InChI=1S/C14H25N3O2/c1-9(2)12(8-18-6)16-14-15-11(5)7-13(17-14)19-10(3)4/h7,9-10,12H,8H2,1-6H3,(H,15,16,17). The smallest absolute Gasteiger partial charge is 0.226 e. The van der Waals surface area contributed by atoms with Crippen LogP contribution >= 0.6 is 0 Å². The van der Waals surface area contributed by atoms with E-state index in [1.165, 1.54) is 0 Å². The summed E-state index contributed by atoms with van der Waals surface area (Å²) < 4.78 is 10.8. The van der Waals surface area contributed by atoms with Crippen LogP contribution in [0.25, 0.3) is 0 Å². The third kappa shape index (κ3) is 5.42. The minimum Gasteiger partial charge on any atom is -0.475 e. The van der Waals surface area contributed by atoms with Gasteiger partial charge in [0.05, 0.1) is 18.8 Å². The lowest BCUT2D eigenvalue weighted by Gasteiger charge is -2.22. The van der Waals surface area contributed by atoms with Crippen LogP contribution in [0.15, 0.2) is 6.07 Å². The SMILES string of the molecule is COCC(Nc1nc(C)cc(OC(C)C)n1)C(C)C. The van der Waals surface area contributed by atoms with Gasteiger partial charge in [0, 0.05) is 18.9 Å². The van der Waals surface area contributed by atoms with E-state index in [9.17, 15) is 0 Å². The van der Waals surface area contributed by atoms with E-state index in [4.69, 9.17) is 9.47 Å². The summed E-state index contributed by atoms with van der Waals surface area (Å²) in [6, 6.07) is 2.02. The van der Waals surface area contributed by atoms with Crippen molar-refractivity contribution in [2.75, 3.05) is 19.0 Å². The molecule has 0 aromatic carbocycles. The predicted molar refractivity (Wildman–Crippen MR) is 76.7 cm³/mol. The highest BCUT2D eigenvalue weighted by Crippen LogP contribution is 2.16. The Hall–Kier alpha value is -1.36. The second-order valence-corrected chi connectivity index (χ2v) is 5.29. The number of methoxy groups -OCH3 is 1. The van der Waals surface area contributed by atoms with Gasteiger partial charge in [-0.25, -0.2) is 4.98 Å². The van der Waals surface area contributed by atoms with Crippen LogP contribution < -0.4 is 10.1 Å². The highest BCUT2D eigenvalue weighted by molar-refractivity contribution is 5.32. The number of nitrogens with zero attached hydrogens (tertiary/aromatic N) is 2. The van der Waals surface area contributed by atoms with Gasteiger partial charge in [0.1, 0.15) is 0 Å². The number of hydrogen-bond acceptors (Lipinski definition) is 5. The lowest BCUT2D eigenvalue weighted by atomic mass is 10.1. The molecule has 0 fully saturated rings. The van der Waals surface area contributed by atoms with Gasteiger partial charge >= 0.3 is 0 Å². The van der Waals surface area contributed by atoms with Crippen molar-refractivity contribution in [3.8, 4) is 5.88 Å². The molecule has 0 saturated carbocycles. The molecular formula is C14H25N3O2. The molecule has 1 unspecified atom stereocenters. The highest BCUT2D eigenvalue weighted by atomic mass is 16.5. The van der Waals surface area contributed by atoms with Crippen LogP contribution in [-0.4, -0.2) is 35.8 Å². The Labute approximate surface area is 115 Å². The first-order chi connectivity index (χ1) is 8.92. The van der Waals surface area contributed by atoms with E-state index in [1.807, 2.05) is 26.8 Å². The lowest BCUT2D eigenvalue weighted by molar-refractivity contribution is 0.170. The van der Waals surface area contributed by atoms with Crippen molar-refractivity contribution in [1.82, 2.24) is 9.97 Å². The summed E-state index contributed by atoms with van der Waals surface area (Å²) >= 11 is 0. The molecule has 0 bridgehead atoms. The second kappa shape index (κ2) is 7.28.